The van der Waals surface area contributed by atoms with E-state index in [1.54, 1.807) is 0 Å². The third kappa shape index (κ3) is 3.84. The first-order valence-electron chi connectivity index (χ1n) is 5.27. The van der Waals surface area contributed by atoms with Crippen LogP contribution < -0.4 is 10.5 Å². The number of ether oxygens (including phenoxy) is 1. The first-order chi connectivity index (χ1) is 7.15. The van der Waals surface area contributed by atoms with Gasteiger partial charge in [0.05, 0.1) is 11.1 Å². The van der Waals surface area contributed by atoms with Gasteiger partial charge in [0.15, 0.2) is 0 Å². The monoisotopic (exact) mass is 271 g/mol. The minimum Gasteiger partial charge on any atom is -0.492 e. The van der Waals surface area contributed by atoms with Crippen molar-refractivity contribution in [2.45, 2.75) is 26.2 Å². The van der Waals surface area contributed by atoms with Crippen LogP contribution in [0.5, 0.6) is 5.75 Å². The predicted octanol–water partition coefficient (Wildman–Crippen LogP) is 3.30. The van der Waals surface area contributed by atoms with Crippen molar-refractivity contribution < 1.29 is 4.74 Å². The molecule has 1 aromatic carbocycles. The summed E-state index contributed by atoms with van der Waals surface area (Å²) in [6.45, 7) is 5.70. The second-order valence-electron chi connectivity index (χ2n) is 3.84. The molecule has 0 atom stereocenters. The fraction of sp³-hybridized carbons (Fsp3) is 0.500. The van der Waals surface area contributed by atoms with E-state index < -0.39 is 0 Å². The van der Waals surface area contributed by atoms with E-state index in [1.165, 1.54) is 5.56 Å². The third-order valence-corrected chi connectivity index (χ3v) is 2.85. The quantitative estimate of drug-likeness (QED) is 0.835. The Kier molecular flexibility index (Phi) is 5.12. The highest BCUT2D eigenvalue weighted by Gasteiger charge is 2.04. The molecule has 0 aromatic heterocycles. The SMILES string of the molecule is CC(C)c1ccc(OCCCN)c(Br)c1. The van der Waals surface area contributed by atoms with Crippen molar-refractivity contribution in [3.8, 4) is 5.75 Å². The van der Waals surface area contributed by atoms with Crippen LogP contribution >= 0.6 is 15.9 Å². The van der Waals surface area contributed by atoms with Gasteiger partial charge >= 0.3 is 0 Å². The van der Waals surface area contributed by atoms with Gasteiger partial charge in [-0.2, -0.15) is 0 Å². The van der Waals surface area contributed by atoms with Crippen molar-refractivity contribution >= 4 is 15.9 Å². The van der Waals surface area contributed by atoms with Crippen LogP contribution in [0.4, 0.5) is 0 Å². The number of rotatable bonds is 5. The molecule has 0 aliphatic heterocycles. The van der Waals surface area contributed by atoms with E-state index >= 15 is 0 Å². The normalized spacial score (nSPS) is 10.7. The van der Waals surface area contributed by atoms with Crippen LogP contribution in [0.2, 0.25) is 0 Å². The number of benzene rings is 1. The Morgan fingerprint density at radius 2 is 2.13 bits per heavy atom. The number of halogens is 1. The Morgan fingerprint density at radius 1 is 1.40 bits per heavy atom. The van der Waals surface area contributed by atoms with Gasteiger partial charge in [-0.25, -0.2) is 0 Å². The fourth-order valence-corrected chi connectivity index (χ4v) is 1.77. The maximum absolute atomic E-state index is 5.59. The number of hydrogen-bond acceptors (Lipinski definition) is 2. The maximum atomic E-state index is 5.59. The molecule has 0 bridgehead atoms. The van der Waals surface area contributed by atoms with Gasteiger partial charge in [0.2, 0.25) is 0 Å². The van der Waals surface area contributed by atoms with Crippen molar-refractivity contribution in [2.75, 3.05) is 13.2 Å². The summed E-state index contributed by atoms with van der Waals surface area (Å²) in [5.41, 5.74) is 6.72. The Labute approximate surface area is 99.9 Å². The highest BCUT2D eigenvalue weighted by atomic mass is 79.9. The summed E-state index contributed by atoms with van der Waals surface area (Å²) in [4.78, 5) is 0. The molecule has 2 nitrogen and oxygen atoms in total. The summed E-state index contributed by atoms with van der Waals surface area (Å²) in [5, 5.41) is 0. The summed E-state index contributed by atoms with van der Waals surface area (Å²) in [6.07, 6.45) is 0.887. The largest absolute Gasteiger partial charge is 0.492 e. The van der Waals surface area contributed by atoms with Gasteiger partial charge in [-0.3, -0.25) is 0 Å². The van der Waals surface area contributed by atoms with Crippen molar-refractivity contribution in [2.24, 2.45) is 5.73 Å². The van der Waals surface area contributed by atoms with Crippen LogP contribution in [0.1, 0.15) is 31.7 Å². The molecule has 3 heteroatoms. The lowest BCUT2D eigenvalue weighted by molar-refractivity contribution is 0.311. The molecular weight excluding hydrogens is 254 g/mol. The first-order valence-corrected chi connectivity index (χ1v) is 6.06. The smallest absolute Gasteiger partial charge is 0.133 e. The molecule has 1 rings (SSSR count). The Hall–Kier alpha value is -0.540. The standard InChI is InChI=1S/C12H18BrNO/c1-9(2)10-4-5-12(11(13)8-10)15-7-3-6-14/h4-5,8-9H,3,6-7,14H2,1-2H3. The second-order valence-corrected chi connectivity index (χ2v) is 4.69. The number of hydrogen-bond donors (Lipinski definition) is 1. The van der Waals surface area contributed by atoms with E-state index in [0.29, 0.717) is 19.1 Å². The summed E-state index contributed by atoms with van der Waals surface area (Å²) in [7, 11) is 0. The maximum Gasteiger partial charge on any atom is 0.133 e. The molecule has 0 aliphatic carbocycles. The third-order valence-electron chi connectivity index (χ3n) is 2.23. The lowest BCUT2D eigenvalue weighted by Gasteiger charge is -2.10. The van der Waals surface area contributed by atoms with E-state index in [2.05, 4.69) is 41.9 Å². The minimum atomic E-state index is 0.541. The molecule has 0 saturated heterocycles. The molecule has 1 aromatic rings. The Balaban J connectivity index is 2.66. The molecule has 15 heavy (non-hydrogen) atoms. The molecule has 0 amide bonds. The molecule has 0 heterocycles. The average molecular weight is 272 g/mol. The van der Waals surface area contributed by atoms with Crippen LogP contribution in [0.3, 0.4) is 0 Å². The molecule has 84 valence electrons. The van der Waals surface area contributed by atoms with E-state index in [1.807, 2.05) is 6.07 Å². The Morgan fingerprint density at radius 3 is 2.67 bits per heavy atom. The van der Waals surface area contributed by atoms with Crippen LogP contribution in [0.15, 0.2) is 22.7 Å². The molecule has 0 fully saturated rings. The predicted molar refractivity (Wildman–Crippen MR) is 67.4 cm³/mol. The molecule has 0 saturated carbocycles. The van der Waals surface area contributed by atoms with Crippen molar-refractivity contribution in [3.05, 3.63) is 28.2 Å². The second kappa shape index (κ2) is 6.13. The highest BCUT2D eigenvalue weighted by Crippen LogP contribution is 2.28. The molecule has 0 unspecified atom stereocenters. The van der Waals surface area contributed by atoms with Crippen LogP contribution in [0, 0.1) is 0 Å². The van der Waals surface area contributed by atoms with Gasteiger partial charge in [-0.1, -0.05) is 19.9 Å². The van der Waals surface area contributed by atoms with E-state index in [0.717, 1.165) is 16.6 Å². The molecule has 0 aliphatic rings. The summed E-state index contributed by atoms with van der Waals surface area (Å²) >= 11 is 3.51. The topological polar surface area (TPSA) is 35.2 Å². The summed E-state index contributed by atoms with van der Waals surface area (Å²) in [5.74, 6) is 1.44. The summed E-state index contributed by atoms with van der Waals surface area (Å²) in [6, 6.07) is 6.23. The van der Waals surface area contributed by atoms with E-state index in [-0.39, 0.29) is 0 Å². The van der Waals surface area contributed by atoms with Gasteiger partial charge in [0, 0.05) is 0 Å². The van der Waals surface area contributed by atoms with Crippen LogP contribution in [-0.2, 0) is 0 Å². The minimum absolute atomic E-state index is 0.541. The van der Waals surface area contributed by atoms with Gasteiger partial charge in [0.25, 0.3) is 0 Å². The molecular formula is C12H18BrNO. The first kappa shape index (κ1) is 12.5. The molecule has 0 radical (unpaired) electrons. The van der Waals surface area contributed by atoms with Crippen molar-refractivity contribution in [3.63, 3.8) is 0 Å². The average Bonchev–Trinajstić information content (AvgIpc) is 2.20. The Bertz CT molecular complexity index is 312. The van der Waals surface area contributed by atoms with Gasteiger partial charge < -0.3 is 10.5 Å². The van der Waals surface area contributed by atoms with Crippen LogP contribution in [0.25, 0.3) is 0 Å². The number of nitrogens with two attached hydrogens (primary N) is 1. The van der Waals surface area contributed by atoms with Gasteiger partial charge in [-0.15, -0.1) is 0 Å². The molecule has 0 spiro atoms. The van der Waals surface area contributed by atoms with Crippen LogP contribution in [-0.4, -0.2) is 13.2 Å². The zero-order valence-electron chi connectivity index (χ0n) is 9.29. The highest BCUT2D eigenvalue weighted by molar-refractivity contribution is 9.10. The zero-order chi connectivity index (χ0) is 11.3. The van der Waals surface area contributed by atoms with Gasteiger partial charge in [0.1, 0.15) is 5.75 Å². The fourth-order valence-electron chi connectivity index (χ4n) is 1.26. The van der Waals surface area contributed by atoms with E-state index in [9.17, 15) is 0 Å². The summed E-state index contributed by atoms with van der Waals surface area (Å²) < 4.78 is 6.60. The van der Waals surface area contributed by atoms with Crippen molar-refractivity contribution in [1.82, 2.24) is 0 Å². The lowest BCUT2D eigenvalue weighted by atomic mass is 10.0. The zero-order valence-corrected chi connectivity index (χ0v) is 10.9. The van der Waals surface area contributed by atoms with Gasteiger partial charge in [-0.05, 0) is 52.5 Å². The van der Waals surface area contributed by atoms with Crippen molar-refractivity contribution in [1.29, 1.82) is 0 Å². The van der Waals surface area contributed by atoms with E-state index in [4.69, 9.17) is 10.5 Å². The lowest BCUT2D eigenvalue weighted by Crippen LogP contribution is -2.06. The molecule has 2 N–H and O–H groups in total.